The van der Waals surface area contributed by atoms with Crippen LogP contribution in [0.1, 0.15) is 31.4 Å². The number of para-hydroxylation sites is 1. The van der Waals surface area contributed by atoms with E-state index in [1.165, 1.54) is 31.1 Å². The Kier molecular flexibility index (Phi) is 5.06. The number of rotatable bonds is 6. The van der Waals surface area contributed by atoms with Gasteiger partial charge in [-0.2, -0.15) is 0 Å². The predicted molar refractivity (Wildman–Crippen MR) is 93.0 cm³/mol. The van der Waals surface area contributed by atoms with Gasteiger partial charge >= 0.3 is 0 Å². The second-order valence-corrected chi connectivity index (χ2v) is 6.65. The highest BCUT2D eigenvalue weighted by molar-refractivity contribution is 5.78. The van der Waals surface area contributed by atoms with Crippen molar-refractivity contribution in [3.63, 3.8) is 0 Å². The highest BCUT2D eigenvalue weighted by atomic mass is 15.2. The summed E-state index contributed by atoms with van der Waals surface area (Å²) in [4.78, 5) is 9.68. The van der Waals surface area contributed by atoms with Crippen LogP contribution in [-0.2, 0) is 6.54 Å². The lowest BCUT2D eigenvalue weighted by Crippen LogP contribution is -2.36. The van der Waals surface area contributed by atoms with Gasteiger partial charge in [0.1, 0.15) is 0 Å². The number of aromatic nitrogens is 1. The van der Waals surface area contributed by atoms with Crippen molar-refractivity contribution in [1.82, 2.24) is 14.8 Å². The zero-order valence-electron chi connectivity index (χ0n) is 13.8. The molecule has 0 N–H and O–H groups in total. The van der Waals surface area contributed by atoms with E-state index in [1.807, 2.05) is 0 Å². The molecule has 0 spiro atoms. The zero-order chi connectivity index (χ0) is 15.4. The summed E-state index contributed by atoms with van der Waals surface area (Å²) in [7, 11) is 4.47. The molecule has 3 heteroatoms. The number of pyridine rings is 1. The quantitative estimate of drug-likeness (QED) is 0.813. The first-order valence-electron chi connectivity index (χ1n) is 8.46. The molecular formula is C19H27N3. The summed E-state index contributed by atoms with van der Waals surface area (Å²) in [5.41, 5.74) is 2.25. The number of fused-ring (bicyclic) bond motifs is 1. The minimum absolute atomic E-state index is 0.812. The lowest BCUT2D eigenvalue weighted by Gasteiger charge is -2.26. The van der Waals surface area contributed by atoms with Crippen molar-refractivity contribution >= 4 is 10.9 Å². The number of likely N-dealkylation sites (N-methyl/N-ethyl adjacent to an activating group) is 2. The van der Waals surface area contributed by atoms with E-state index >= 15 is 0 Å². The summed E-state index contributed by atoms with van der Waals surface area (Å²) in [5, 5.41) is 1.22. The van der Waals surface area contributed by atoms with Gasteiger partial charge in [0.05, 0.1) is 11.2 Å². The van der Waals surface area contributed by atoms with Gasteiger partial charge in [-0.25, -0.2) is 0 Å². The third-order valence-corrected chi connectivity index (χ3v) is 4.87. The largest absolute Gasteiger partial charge is 0.302 e. The molecule has 0 amide bonds. The van der Waals surface area contributed by atoms with Crippen LogP contribution in [0.25, 0.3) is 10.9 Å². The number of benzene rings is 1. The summed E-state index contributed by atoms with van der Waals surface area (Å²) in [6.07, 6.45) is 5.58. The molecule has 2 aromatic rings. The first-order chi connectivity index (χ1) is 10.7. The fraction of sp³-hybridized carbons (Fsp3) is 0.526. The van der Waals surface area contributed by atoms with Crippen molar-refractivity contribution in [2.75, 3.05) is 27.2 Å². The number of hydrogen-bond acceptors (Lipinski definition) is 3. The van der Waals surface area contributed by atoms with Gasteiger partial charge in [-0.1, -0.05) is 37.1 Å². The molecule has 22 heavy (non-hydrogen) atoms. The molecule has 3 nitrogen and oxygen atoms in total. The molecule has 1 aliphatic rings. The minimum Gasteiger partial charge on any atom is -0.302 e. The molecule has 1 saturated carbocycles. The van der Waals surface area contributed by atoms with Gasteiger partial charge in [0.2, 0.25) is 0 Å². The van der Waals surface area contributed by atoms with Crippen LogP contribution in [0.5, 0.6) is 0 Å². The Bertz CT molecular complexity index is 604. The van der Waals surface area contributed by atoms with E-state index in [-0.39, 0.29) is 0 Å². The van der Waals surface area contributed by atoms with Gasteiger partial charge in [-0.05, 0) is 39.1 Å². The molecule has 0 unspecified atom stereocenters. The monoisotopic (exact) mass is 297 g/mol. The average molecular weight is 297 g/mol. The molecule has 1 aliphatic carbocycles. The van der Waals surface area contributed by atoms with E-state index in [1.54, 1.807) is 0 Å². The standard InChI is InChI=1S/C19H27N3/c1-21(13-14-22(2)18-8-4-5-9-18)15-17-12-11-16-7-3-6-10-19(16)20-17/h3,6-7,10-12,18H,4-5,8-9,13-15H2,1-2H3. The molecule has 1 aromatic heterocycles. The van der Waals surface area contributed by atoms with Crippen molar-refractivity contribution in [3.05, 3.63) is 42.1 Å². The van der Waals surface area contributed by atoms with Gasteiger partial charge in [0, 0.05) is 31.1 Å². The molecule has 0 radical (unpaired) electrons. The zero-order valence-corrected chi connectivity index (χ0v) is 13.8. The SMILES string of the molecule is CN(CCN(C)C1CCCC1)Cc1ccc2ccccc2n1. The topological polar surface area (TPSA) is 19.4 Å². The Hall–Kier alpha value is -1.45. The summed E-state index contributed by atoms with van der Waals surface area (Å²) in [6, 6.07) is 13.5. The third kappa shape index (κ3) is 3.84. The minimum atomic E-state index is 0.812. The second-order valence-electron chi connectivity index (χ2n) is 6.65. The summed E-state index contributed by atoms with van der Waals surface area (Å²) in [5.74, 6) is 0. The first-order valence-corrected chi connectivity index (χ1v) is 8.46. The molecule has 1 aromatic carbocycles. The normalized spacial score (nSPS) is 16.2. The summed E-state index contributed by atoms with van der Waals surface area (Å²) < 4.78 is 0. The van der Waals surface area contributed by atoms with Crippen LogP contribution in [0.15, 0.2) is 36.4 Å². The Balaban J connectivity index is 1.52. The second kappa shape index (κ2) is 7.21. The van der Waals surface area contributed by atoms with Gasteiger partial charge < -0.3 is 4.90 Å². The lowest BCUT2D eigenvalue weighted by molar-refractivity contribution is 0.203. The maximum absolute atomic E-state index is 4.76. The molecular weight excluding hydrogens is 270 g/mol. The molecule has 0 saturated heterocycles. The molecule has 1 fully saturated rings. The summed E-state index contributed by atoms with van der Waals surface area (Å²) >= 11 is 0. The van der Waals surface area contributed by atoms with Crippen LogP contribution in [0.2, 0.25) is 0 Å². The van der Waals surface area contributed by atoms with Crippen molar-refractivity contribution in [1.29, 1.82) is 0 Å². The van der Waals surface area contributed by atoms with Crippen LogP contribution in [0.3, 0.4) is 0 Å². The Labute approximate surface area is 133 Å². The molecule has 118 valence electrons. The first kappa shape index (κ1) is 15.4. The van der Waals surface area contributed by atoms with E-state index in [9.17, 15) is 0 Å². The van der Waals surface area contributed by atoms with Crippen molar-refractivity contribution < 1.29 is 0 Å². The predicted octanol–water partition coefficient (Wildman–Crippen LogP) is 3.54. The molecule has 1 heterocycles. The van der Waals surface area contributed by atoms with E-state index in [0.717, 1.165) is 36.9 Å². The fourth-order valence-corrected chi connectivity index (χ4v) is 3.41. The fourth-order valence-electron chi connectivity index (χ4n) is 3.41. The van der Waals surface area contributed by atoms with Crippen LogP contribution >= 0.6 is 0 Å². The average Bonchev–Trinajstić information content (AvgIpc) is 3.07. The maximum atomic E-state index is 4.76. The van der Waals surface area contributed by atoms with Crippen molar-refractivity contribution in [2.24, 2.45) is 0 Å². The van der Waals surface area contributed by atoms with E-state index in [4.69, 9.17) is 4.98 Å². The molecule has 0 aliphatic heterocycles. The number of hydrogen-bond donors (Lipinski definition) is 0. The van der Waals surface area contributed by atoms with Gasteiger partial charge in [0.25, 0.3) is 0 Å². The van der Waals surface area contributed by atoms with E-state index in [0.29, 0.717) is 0 Å². The van der Waals surface area contributed by atoms with Crippen LogP contribution < -0.4 is 0 Å². The van der Waals surface area contributed by atoms with Gasteiger partial charge in [0.15, 0.2) is 0 Å². The van der Waals surface area contributed by atoms with E-state index in [2.05, 4.69) is 60.3 Å². The lowest BCUT2D eigenvalue weighted by atomic mass is 10.2. The van der Waals surface area contributed by atoms with Crippen molar-refractivity contribution in [2.45, 2.75) is 38.3 Å². The third-order valence-electron chi connectivity index (χ3n) is 4.87. The maximum Gasteiger partial charge on any atom is 0.0705 e. The number of nitrogens with zero attached hydrogens (tertiary/aromatic N) is 3. The smallest absolute Gasteiger partial charge is 0.0705 e. The molecule has 0 atom stereocenters. The Morgan fingerprint density at radius 1 is 1.00 bits per heavy atom. The van der Waals surface area contributed by atoms with Gasteiger partial charge in [-0.15, -0.1) is 0 Å². The summed E-state index contributed by atoms with van der Waals surface area (Å²) in [6.45, 7) is 3.17. The Morgan fingerprint density at radius 2 is 1.77 bits per heavy atom. The molecule has 3 rings (SSSR count). The van der Waals surface area contributed by atoms with E-state index < -0.39 is 0 Å². The Morgan fingerprint density at radius 3 is 2.59 bits per heavy atom. The van der Waals surface area contributed by atoms with Crippen LogP contribution in [-0.4, -0.2) is 48.0 Å². The van der Waals surface area contributed by atoms with Gasteiger partial charge in [-0.3, -0.25) is 9.88 Å². The van der Waals surface area contributed by atoms with Crippen LogP contribution in [0.4, 0.5) is 0 Å². The highest BCUT2D eigenvalue weighted by Crippen LogP contribution is 2.22. The van der Waals surface area contributed by atoms with Crippen molar-refractivity contribution in [3.8, 4) is 0 Å². The van der Waals surface area contributed by atoms with Crippen LogP contribution in [0, 0.1) is 0 Å². The highest BCUT2D eigenvalue weighted by Gasteiger charge is 2.19. The molecule has 0 bridgehead atoms.